The van der Waals surface area contributed by atoms with Crippen molar-refractivity contribution >= 4 is 17.9 Å². The number of aromatic nitrogens is 2. The molecule has 2 aromatic rings. The molecule has 0 radical (unpaired) electrons. The van der Waals surface area contributed by atoms with E-state index in [-0.39, 0.29) is 11.8 Å². The summed E-state index contributed by atoms with van der Waals surface area (Å²) in [5.41, 5.74) is 2.22. The van der Waals surface area contributed by atoms with E-state index in [9.17, 15) is 18.0 Å². The lowest BCUT2D eigenvalue weighted by Crippen LogP contribution is -2.39. The van der Waals surface area contributed by atoms with Crippen LogP contribution < -0.4 is 0 Å². The van der Waals surface area contributed by atoms with Gasteiger partial charge in [0.05, 0.1) is 17.8 Å². The Morgan fingerprint density at radius 1 is 1.22 bits per heavy atom. The van der Waals surface area contributed by atoms with E-state index in [1.807, 2.05) is 11.9 Å². The minimum atomic E-state index is -4.36. The van der Waals surface area contributed by atoms with E-state index in [0.717, 1.165) is 42.6 Å². The normalized spacial score (nSPS) is 18.2. The van der Waals surface area contributed by atoms with E-state index in [1.165, 1.54) is 6.07 Å². The van der Waals surface area contributed by atoms with Crippen LogP contribution in [0.4, 0.5) is 13.2 Å². The zero-order valence-electron chi connectivity index (χ0n) is 18.4. The molecule has 174 valence electrons. The fourth-order valence-electron chi connectivity index (χ4n) is 4.49. The number of hydrogen-bond acceptors (Lipinski definition) is 4. The predicted molar refractivity (Wildman–Crippen MR) is 119 cm³/mol. The van der Waals surface area contributed by atoms with Crippen LogP contribution in [0, 0.1) is 5.92 Å². The molecule has 0 atom stereocenters. The molecule has 2 aliphatic heterocycles. The summed E-state index contributed by atoms with van der Waals surface area (Å²) in [5.74, 6) is 1.36. The van der Waals surface area contributed by atoms with Gasteiger partial charge in [0.1, 0.15) is 0 Å². The van der Waals surface area contributed by atoms with Gasteiger partial charge in [-0.2, -0.15) is 18.3 Å². The van der Waals surface area contributed by atoms with Gasteiger partial charge >= 0.3 is 6.18 Å². The first kappa shape index (κ1) is 23.2. The monoisotopic (exact) mass is 466 g/mol. The van der Waals surface area contributed by atoms with Crippen LogP contribution in [0.5, 0.6) is 0 Å². The number of piperidine rings is 1. The molecule has 1 N–H and O–H groups in total. The Labute approximate surface area is 190 Å². The maximum absolute atomic E-state index is 13.4. The van der Waals surface area contributed by atoms with Gasteiger partial charge in [-0.25, -0.2) is 4.31 Å². The number of fused-ring (bicyclic) bond motifs is 1. The van der Waals surface area contributed by atoms with Gasteiger partial charge in [-0.1, -0.05) is 44.0 Å². The highest BCUT2D eigenvalue weighted by molar-refractivity contribution is 7.97. The Morgan fingerprint density at radius 3 is 2.62 bits per heavy atom. The molecule has 1 aromatic carbocycles. The van der Waals surface area contributed by atoms with Gasteiger partial charge in [0.15, 0.2) is 5.69 Å². The first-order valence-corrected chi connectivity index (χ1v) is 12.1. The first-order valence-electron chi connectivity index (χ1n) is 11.1. The fraction of sp³-hybridized carbons (Fsp3) is 0.565. The molecule has 0 bridgehead atoms. The second kappa shape index (κ2) is 9.47. The molecule has 5 nitrogen and oxygen atoms in total. The van der Waals surface area contributed by atoms with E-state index in [2.05, 4.69) is 28.4 Å². The van der Waals surface area contributed by atoms with E-state index >= 15 is 0 Å². The number of alkyl halides is 3. The number of hydrogen-bond donors (Lipinski definition) is 1. The quantitative estimate of drug-likeness (QED) is 0.622. The summed E-state index contributed by atoms with van der Waals surface area (Å²) in [5, 5.41) is 7.37. The summed E-state index contributed by atoms with van der Waals surface area (Å²) in [6.45, 7) is 6.88. The van der Waals surface area contributed by atoms with Crippen molar-refractivity contribution in [1.29, 1.82) is 0 Å². The summed E-state index contributed by atoms with van der Waals surface area (Å²) in [6, 6.07) is 5.79. The van der Waals surface area contributed by atoms with Crippen molar-refractivity contribution in [2.45, 2.75) is 51.7 Å². The van der Waals surface area contributed by atoms with Crippen molar-refractivity contribution in [3.63, 3.8) is 0 Å². The zero-order chi connectivity index (χ0) is 22.9. The van der Waals surface area contributed by atoms with Crippen LogP contribution in [0.2, 0.25) is 0 Å². The molecule has 0 aliphatic carbocycles. The number of nitrogens with one attached hydrogen (secondary N) is 1. The second-order valence-electron chi connectivity index (χ2n) is 8.98. The van der Waals surface area contributed by atoms with Crippen LogP contribution in [-0.2, 0) is 19.1 Å². The Balaban J connectivity index is 1.39. The predicted octanol–water partition coefficient (Wildman–Crippen LogP) is 5.11. The molecule has 1 aromatic heterocycles. The number of nitrogens with zero attached hydrogens (tertiary/aromatic N) is 3. The van der Waals surface area contributed by atoms with Crippen LogP contribution in [0.15, 0.2) is 24.3 Å². The number of aromatic amines is 1. The number of amides is 1. The Hall–Kier alpha value is -2.00. The lowest BCUT2D eigenvalue weighted by molar-refractivity contribution is -0.138. The molecule has 9 heteroatoms. The van der Waals surface area contributed by atoms with Crippen molar-refractivity contribution in [2.24, 2.45) is 5.92 Å². The molecule has 1 fully saturated rings. The number of carbonyl (C=O) groups is 1. The summed E-state index contributed by atoms with van der Waals surface area (Å²) >= 11 is 1.83. The molecule has 1 amide bonds. The number of benzene rings is 1. The summed E-state index contributed by atoms with van der Waals surface area (Å²) in [7, 11) is 0. The third-order valence-electron chi connectivity index (χ3n) is 6.18. The molecule has 2 aliphatic rings. The molecular weight excluding hydrogens is 437 g/mol. The maximum atomic E-state index is 13.4. The molecule has 0 unspecified atom stereocenters. The van der Waals surface area contributed by atoms with Crippen molar-refractivity contribution < 1.29 is 18.0 Å². The van der Waals surface area contributed by atoms with Crippen molar-refractivity contribution in [2.75, 3.05) is 25.4 Å². The summed E-state index contributed by atoms with van der Waals surface area (Å²) in [6.07, 6.45) is -2.55. The van der Waals surface area contributed by atoms with Gasteiger partial charge < -0.3 is 4.90 Å². The van der Waals surface area contributed by atoms with Crippen LogP contribution in [0.3, 0.4) is 0 Å². The third kappa shape index (κ3) is 4.98. The number of likely N-dealkylation sites (tertiary alicyclic amines) is 1. The Bertz CT molecular complexity index is 951. The van der Waals surface area contributed by atoms with Gasteiger partial charge in [0.25, 0.3) is 5.91 Å². The number of halogens is 3. The first-order chi connectivity index (χ1) is 15.2. The van der Waals surface area contributed by atoms with Gasteiger partial charge in [-0.05, 0) is 42.7 Å². The van der Waals surface area contributed by atoms with Crippen LogP contribution >= 0.6 is 11.9 Å². The number of H-pyrrole nitrogens is 1. The zero-order valence-corrected chi connectivity index (χ0v) is 19.2. The van der Waals surface area contributed by atoms with Crippen LogP contribution in [0.25, 0.3) is 0 Å². The Kier molecular flexibility index (Phi) is 6.86. The lowest BCUT2D eigenvalue weighted by atomic mass is 9.86. The van der Waals surface area contributed by atoms with Crippen molar-refractivity contribution in [1.82, 2.24) is 19.4 Å². The molecule has 0 spiro atoms. The van der Waals surface area contributed by atoms with Gasteiger partial charge in [-0.3, -0.25) is 9.89 Å². The van der Waals surface area contributed by atoms with Crippen molar-refractivity contribution in [3.05, 3.63) is 52.3 Å². The van der Waals surface area contributed by atoms with Crippen molar-refractivity contribution in [3.8, 4) is 0 Å². The minimum Gasteiger partial charge on any atom is -0.337 e. The number of rotatable bonds is 5. The number of carbonyl (C=O) groups excluding carboxylic acids is 1. The molecule has 32 heavy (non-hydrogen) atoms. The Morgan fingerprint density at radius 2 is 1.94 bits per heavy atom. The topological polar surface area (TPSA) is 52.2 Å². The smallest absolute Gasteiger partial charge is 0.337 e. The van der Waals surface area contributed by atoms with E-state index in [4.69, 9.17) is 0 Å². The lowest BCUT2D eigenvalue weighted by Gasteiger charge is -2.33. The SMILES string of the molecule is CC(C)CSN1CCc2c(C(=O)N3CCC(c4ccccc4C(F)(F)F)CC3)n[nH]c2C1. The molecular formula is C23H29F3N4OS. The fourth-order valence-corrected chi connectivity index (χ4v) is 5.44. The molecule has 1 saturated heterocycles. The highest BCUT2D eigenvalue weighted by Crippen LogP contribution is 2.39. The molecule has 4 rings (SSSR count). The molecule has 0 saturated carbocycles. The van der Waals surface area contributed by atoms with E-state index in [1.54, 1.807) is 17.0 Å². The van der Waals surface area contributed by atoms with E-state index < -0.39 is 11.7 Å². The summed E-state index contributed by atoms with van der Waals surface area (Å²) < 4.78 is 42.5. The largest absolute Gasteiger partial charge is 0.416 e. The maximum Gasteiger partial charge on any atom is 0.416 e. The average Bonchev–Trinajstić information content (AvgIpc) is 3.20. The van der Waals surface area contributed by atoms with Crippen LogP contribution in [0.1, 0.15) is 65.5 Å². The van der Waals surface area contributed by atoms with E-state index in [0.29, 0.717) is 43.1 Å². The average molecular weight is 467 g/mol. The molecule has 3 heterocycles. The van der Waals surface area contributed by atoms with Crippen LogP contribution in [-0.4, -0.2) is 50.7 Å². The third-order valence-corrected chi connectivity index (χ3v) is 7.67. The summed E-state index contributed by atoms with van der Waals surface area (Å²) in [4.78, 5) is 14.9. The highest BCUT2D eigenvalue weighted by Gasteiger charge is 2.36. The minimum absolute atomic E-state index is 0.117. The van der Waals surface area contributed by atoms with Gasteiger partial charge in [-0.15, -0.1) is 0 Å². The van der Waals surface area contributed by atoms with Gasteiger partial charge in [0.2, 0.25) is 0 Å². The highest BCUT2D eigenvalue weighted by atomic mass is 32.2. The second-order valence-corrected chi connectivity index (χ2v) is 10.1. The standard InChI is InChI=1S/C23H29F3N4OS/c1-15(2)14-32-30-12-9-18-20(13-30)27-28-21(18)22(31)29-10-7-16(8-11-29)17-5-3-4-6-19(17)23(24,25)26/h3-6,15-16H,7-14H2,1-2H3,(H,27,28). The van der Waals surface area contributed by atoms with Gasteiger partial charge in [0, 0.05) is 31.0 Å².